The molecule has 1 saturated heterocycles. The molecule has 2 aliphatic rings. The predicted octanol–water partition coefficient (Wildman–Crippen LogP) is -2.18. The van der Waals surface area contributed by atoms with Crippen LogP contribution in [-0.2, 0) is 16.2 Å². The lowest BCUT2D eigenvalue weighted by atomic mass is 10.1. The lowest BCUT2D eigenvalue weighted by Gasteiger charge is -2.24. The summed E-state index contributed by atoms with van der Waals surface area (Å²) in [7, 11) is 0. The van der Waals surface area contributed by atoms with Gasteiger partial charge in [-0.05, 0) is 17.7 Å². The molecule has 29 heavy (non-hydrogen) atoms. The van der Waals surface area contributed by atoms with Gasteiger partial charge in [0.1, 0.15) is 36.9 Å². The molecule has 10 nitrogen and oxygen atoms in total. The average Bonchev–Trinajstić information content (AvgIpc) is 3.26. The smallest absolute Gasteiger partial charge is 0.165 e. The quantitative estimate of drug-likeness (QED) is 0.436. The Morgan fingerprint density at radius 1 is 1.24 bits per heavy atom. The van der Waals surface area contributed by atoms with Gasteiger partial charge in [0.15, 0.2) is 29.2 Å². The molecule has 1 aromatic heterocycles. The van der Waals surface area contributed by atoms with Crippen LogP contribution in [0.1, 0.15) is 11.8 Å². The first-order valence-electron chi connectivity index (χ1n) is 8.74. The zero-order chi connectivity index (χ0) is 20.7. The van der Waals surface area contributed by atoms with E-state index in [1.807, 2.05) is 0 Å². The summed E-state index contributed by atoms with van der Waals surface area (Å²) < 4.78 is 33.2. The molecule has 4 atom stereocenters. The summed E-state index contributed by atoms with van der Waals surface area (Å²) in [5.74, 6) is -1.80. The summed E-state index contributed by atoms with van der Waals surface area (Å²) in [5.41, 5.74) is 6.80. The van der Waals surface area contributed by atoms with Gasteiger partial charge in [0, 0.05) is 0 Å². The van der Waals surface area contributed by atoms with Gasteiger partial charge in [-0.2, -0.15) is 0 Å². The SMILES string of the molecule is NC1=c2ncn([C@@H]3O[C@H](CO)[C@@H](O)[C@H]3O)c2=NCN1OCc1ccc(F)c(F)c1. The second-order valence-electron chi connectivity index (χ2n) is 6.64. The van der Waals surface area contributed by atoms with Crippen molar-refractivity contribution in [3.05, 3.63) is 52.6 Å². The number of hydroxylamine groups is 2. The Bertz CT molecular complexity index is 1030. The van der Waals surface area contributed by atoms with Crippen molar-refractivity contribution >= 4 is 5.82 Å². The van der Waals surface area contributed by atoms with E-state index in [0.29, 0.717) is 11.1 Å². The second-order valence-corrected chi connectivity index (χ2v) is 6.64. The van der Waals surface area contributed by atoms with Crippen molar-refractivity contribution in [2.45, 2.75) is 31.1 Å². The van der Waals surface area contributed by atoms with Crippen LogP contribution in [0, 0.1) is 11.6 Å². The molecular weight excluding hydrogens is 392 g/mol. The van der Waals surface area contributed by atoms with E-state index in [4.69, 9.17) is 15.3 Å². The van der Waals surface area contributed by atoms with E-state index < -0.39 is 42.8 Å². The van der Waals surface area contributed by atoms with Gasteiger partial charge in [0.25, 0.3) is 0 Å². The summed E-state index contributed by atoms with van der Waals surface area (Å²) in [6, 6.07) is 3.41. The fourth-order valence-electron chi connectivity index (χ4n) is 3.21. The number of hydrogen-bond acceptors (Lipinski definition) is 9. The third kappa shape index (κ3) is 3.45. The number of imidazole rings is 1. The van der Waals surface area contributed by atoms with Crippen molar-refractivity contribution in [1.29, 1.82) is 0 Å². The summed E-state index contributed by atoms with van der Waals surface area (Å²) in [5, 5.41) is 30.9. The molecule has 0 amide bonds. The molecule has 5 N–H and O–H groups in total. The predicted molar refractivity (Wildman–Crippen MR) is 91.5 cm³/mol. The maximum Gasteiger partial charge on any atom is 0.165 e. The third-order valence-corrected chi connectivity index (χ3v) is 4.79. The molecule has 0 radical (unpaired) electrons. The van der Waals surface area contributed by atoms with Gasteiger partial charge in [-0.3, -0.25) is 9.40 Å². The molecule has 1 fully saturated rings. The molecule has 156 valence electrons. The number of nitrogens with zero attached hydrogens (tertiary/aromatic N) is 4. The normalized spacial score (nSPS) is 26.5. The van der Waals surface area contributed by atoms with Crippen molar-refractivity contribution in [3.63, 3.8) is 0 Å². The van der Waals surface area contributed by atoms with Crippen molar-refractivity contribution in [2.75, 3.05) is 13.3 Å². The van der Waals surface area contributed by atoms with Crippen LogP contribution in [0.25, 0.3) is 5.82 Å². The number of halogens is 2. The van der Waals surface area contributed by atoms with Gasteiger partial charge in [0.05, 0.1) is 12.9 Å². The Balaban J connectivity index is 1.55. The molecule has 0 unspecified atom stereocenters. The van der Waals surface area contributed by atoms with E-state index in [1.165, 1.54) is 22.0 Å². The largest absolute Gasteiger partial charge is 0.394 e. The maximum atomic E-state index is 13.3. The van der Waals surface area contributed by atoms with Gasteiger partial charge < -0.3 is 25.8 Å². The molecule has 0 spiro atoms. The number of aromatic nitrogens is 2. The van der Waals surface area contributed by atoms with Crippen molar-refractivity contribution in [3.8, 4) is 0 Å². The van der Waals surface area contributed by atoms with E-state index in [9.17, 15) is 24.1 Å². The molecule has 1 aromatic carbocycles. The Morgan fingerprint density at radius 2 is 2.03 bits per heavy atom. The van der Waals surface area contributed by atoms with Gasteiger partial charge in [0.2, 0.25) is 0 Å². The van der Waals surface area contributed by atoms with Crippen LogP contribution in [0.4, 0.5) is 8.78 Å². The monoisotopic (exact) mass is 411 g/mol. The third-order valence-electron chi connectivity index (χ3n) is 4.79. The minimum Gasteiger partial charge on any atom is -0.394 e. The van der Waals surface area contributed by atoms with Crippen LogP contribution in [0.5, 0.6) is 0 Å². The molecule has 0 aliphatic carbocycles. The van der Waals surface area contributed by atoms with Crippen molar-refractivity contribution < 1.29 is 33.7 Å². The molecule has 2 aromatic rings. The fraction of sp³-hybridized carbons (Fsp3) is 0.412. The Kier molecular flexibility index (Phi) is 5.19. The Hall–Kier alpha value is -2.64. The lowest BCUT2D eigenvalue weighted by Crippen LogP contribution is -2.47. The average molecular weight is 411 g/mol. The Morgan fingerprint density at radius 3 is 2.72 bits per heavy atom. The Labute approximate surface area is 162 Å². The first kappa shape index (κ1) is 19.7. The lowest BCUT2D eigenvalue weighted by molar-refractivity contribution is -0.124. The first-order chi connectivity index (χ1) is 13.9. The maximum absolute atomic E-state index is 13.3. The highest BCUT2D eigenvalue weighted by Crippen LogP contribution is 2.27. The van der Waals surface area contributed by atoms with E-state index in [-0.39, 0.29) is 24.4 Å². The van der Waals surface area contributed by atoms with E-state index >= 15 is 0 Å². The molecule has 3 heterocycles. The summed E-state index contributed by atoms with van der Waals surface area (Å²) in [4.78, 5) is 14.0. The highest BCUT2D eigenvalue weighted by atomic mass is 19.2. The van der Waals surface area contributed by atoms with E-state index in [1.54, 1.807) is 0 Å². The molecule has 0 bridgehead atoms. The van der Waals surface area contributed by atoms with Crippen LogP contribution in [0.2, 0.25) is 0 Å². The van der Waals surface area contributed by atoms with Crippen LogP contribution >= 0.6 is 0 Å². The number of benzene rings is 1. The van der Waals surface area contributed by atoms with Gasteiger partial charge in [-0.15, -0.1) is 0 Å². The second kappa shape index (κ2) is 7.65. The highest BCUT2D eigenvalue weighted by Gasteiger charge is 2.43. The van der Waals surface area contributed by atoms with Crippen LogP contribution in [-0.4, -0.2) is 61.5 Å². The number of aliphatic hydroxyl groups is 3. The zero-order valence-electron chi connectivity index (χ0n) is 15.0. The van der Waals surface area contributed by atoms with Crippen LogP contribution < -0.4 is 16.6 Å². The summed E-state index contributed by atoms with van der Waals surface area (Å²) in [6.07, 6.45) is -3.13. The first-order valence-corrected chi connectivity index (χ1v) is 8.74. The zero-order valence-corrected chi connectivity index (χ0v) is 15.0. The number of hydrogen-bond donors (Lipinski definition) is 4. The van der Waals surface area contributed by atoms with Crippen molar-refractivity contribution in [2.24, 2.45) is 10.7 Å². The molecule has 0 saturated carbocycles. The standard InChI is InChI=1S/C17H19F2N5O5/c18-9-2-1-8(3-10(9)19)5-28-24-7-22-16-12(15(24)20)21-6-23(16)17-14(27)13(26)11(4-25)29-17/h1-3,6,11,13-14,17,25-27H,4-5,7,20H2/t11-,13-,14-,17-/m1/s1. The van der Waals surface area contributed by atoms with Gasteiger partial charge >= 0.3 is 0 Å². The van der Waals surface area contributed by atoms with Crippen LogP contribution in [0.3, 0.4) is 0 Å². The number of rotatable bonds is 5. The molecule has 4 rings (SSSR count). The topological polar surface area (TPSA) is 139 Å². The summed E-state index contributed by atoms with van der Waals surface area (Å²) in [6.45, 7) is -0.552. The molecule has 2 aliphatic heterocycles. The van der Waals surface area contributed by atoms with Crippen molar-refractivity contribution in [1.82, 2.24) is 14.6 Å². The minimum atomic E-state index is -1.29. The highest BCUT2D eigenvalue weighted by molar-refractivity contribution is 5.34. The summed E-state index contributed by atoms with van der Waals surface area (Å²) >= 11 is 0. The fourth-order valence-corrected chi connectivity index (χ4v) is 3.21. The molecule has 12 heteroatoms. The van der Waals surface area contributed by atoms with Crippen LogP contribution in [0.15, 0.2) is 29.5 Å². The number of nitrogens with two attached hydrogens (primary N) is 1. The van der Waals surface area contributed by atoms with E-state index in [2.05, 4.69) is 9.98 Å². The van der Waals surface area contributed by atoms with Gasteiger partial charge in [-0.1, -0.05) is 6.07 Å². The van der Waals surface area contributed by atoms with Gasteiger partial charge in [-0.25, -0.2) is 23.8 Å². The minimum absolute atomic E-state index is 0.0248. The van der Waals surface area contributed by atoms with E-state index in [0.717, 1.165) is 12.1 Å². The number of aliphatic hydroxyl groups excluding tert-OH is 3. The number of fused-ring (bicyclic) bond motifs is 1. The molecular formula is C17H19F2N5O5. The number of ether oxygens (including phenoxy) is 1.